The maximum atomic E-state index is 14.4. The Labute approximate surface area is 293 Å². The zero-order chi connectivity index (χ0) is 34.8. The number of likely N-dealkylation sites (tertiary alicyclic amines) is 1. The van der Waals surface area contributed by atoms with Gasteiger partial charge in [0, 0.05) is 13.0 Å². The van der Waals surface area contributed by atoms with Gasteiger partial charge in [-0.05, 0) is 53.5 Å². The summed E-state index contributed by atoms with van der Waals surface area (Å²) in [6.45, 7) is 0.642. The van der Waals surface area contributed by atoms with Crippen LogP contribution in [0.1, 0.15) is 61.6 Å². The molecular formula is C42H44N2O6. The summed E-state index contributed by atoms with van der Waals surface area (Å²) in [5.41, 5.74) is 3.76. The van der Waals surface area contributed by atoms with E-state index in [4.69, 9.17) is 9.47 Å². The predicted octanol–water partition coefficient (Wildman–Crippen LogP) is 6.81. The molecule has 1 aliphatic heterocycles. The normalized spacial score (nSPS) is 17.1. The molecule has 2 aliphatic rings. The van der Waals surface area contributed by atoms with E-state index < -0.39 is 29.4 Å². The average molecular weight is 673 g/mol. The van der Waals surface area contributed by atoms with Crippen LogP contribution in [0.4, 0.5) is 0 Å². The van der Waals surface area contributed by atoms with Crippen molar-refractivity contribution in [1.82, 2.24) is 10.2 Å². The van der Waals surface area contributed by atoms with Crippen LogP contribution < -0.4 is 5.32 Å². The van der Waals surface area contributed by atoms with E-state index in [-0.39, 0.29) is 37.9 Å². The van der Waals surface area contributed by atoms with Gasteiger partial charge in [0.05, 0.1) is 11.8 Å². The van der Waals surface area contributed by atoms with E-state index in [1.165, 1.54) is 0 Å². The van der Waals surface area contributed by atoms with E-state index in [0.717, 1.165) is 40.7 Å². The summed E-state index contributed by atoms with van der Waals surface area (Å²) < 4.78 is 11.2. The van der Waals surface area contributed by atoms with E-state index in [2.05, 4.69) is 5.32 Å². The van der Waals surface area contributed by atoms with E-state index in [1.54, 1.807) is 4.90 Å². The van der Waals surface area contributed by atoms with Crippen molar-refractivity contribution >= 4 is 23.8 Å². The summed E-state index contributed by atoms with van der Waals surface area (Å²) in [6, 6.07) is 35.2. The fourth-order valence-electron chi connectivity index (χ4n) is 7.11. The number of amides is 2. The van der Waals surface area contributed by atoms with Gasteiger partial charge in [-0.25, -0.2) is 4.79 Å². The Morgan fingerprint density at radius 1 is 0.680 bits per heavy atom. The first-order chi connectivity index (χ1) is 24.4. The molecule has 1 aliphatic carbocycles. The second-order valence-corrected chi connectivity index (χ2v) is 13.4. The molecule has 50 heavy (non-hydrogen) atoms. The van der Waals surface area contributed by atoms with Crippen molar-refractivity contribution in [1.29, 1.82) is 0 Å². The lowest BCUT2D eigenvalue weighted by Crippen LogP contribution is -2.55. The molecule has 8 nitrogen and oxygen atoms in total. The first-order valence-corrected chi connectivity index (χ1v) is 17.6. The van der Waals surface area contributed by atoms with E-state index in [9.17, 15) is 19.2 Å². The summed E-state index contributed by atoms with van der Waals surface area (Å²) in [5, 5.41) is 3.08. The van der Waals surface area contributed by atoms with Crippen LogP contribution in [-0.2, 0) is 48.3 Å². The Balaban J connectivity index is 1.19. The molecule has 0 aromatic heterocycles. The van der Waals surface area contributed by atoms with Gasteiger partial charge in [-0.2, -0.15) is 0 Å². The minimum Gasteiger partial charge on any atom is -0.461 e. The Hall–Kier alpha value is -5.24. The van der Waals surface area contributed by atoms with Gasteiger partial charge in [-0.3, -0.25) is 14.4 Å². The maximum Gasteiger partial charge on any atom is 0.329 e. The van der Waals surface area contributed by atoms with Gasteiger partial charge in [0.15, 0.2) is 0 Å². The molecule has 2 amide bonds. The zero-order valence-electron chi connectivity index (χ0n) is 28.3. The van der Waals surface area contributed by atoms with Crippen LogP contribution in [0.2, 0.25) is 0 Å². The van der Waals surface area contributed by atoms with Crippen LogP contribution >= 0.6 is 0 Å². The number of nitrogens with zero attached hydrogens (tertiary/aromatic N) is 1. The highest BCUT2D eigenvalue weighted by Crippen LogP contribution is 2.42. The van der Waals surface area contributed by atoms with Gasteiger partial charge in [0.1, 0.15) is 25.3 Å². The molecule has 2 atom stereocenters. The summed E-state index contributed by atoms with van der Waals surface area (Å²) in [7, 11) is 0. The number of hydrogen-bond donors (Lipinski definition) is 1. The number of ether oxygens (including phenoxy) is 2. The molecule has 8 heteroatoms. The third-order valence-electron chi connectivity index (χ3n) is 9.90. The summed E-state index contributed by atoms with van der Waals surface area (Å²) in [6.07, 6.45) is 3.99. The number of rotatable bonds is 13. The molecule has 6 rings (SSSR count). The highest BCUT2D eigenvalue weighted by molar-refractivity contribution is 5.94. The molecule has 1 saturated heterocycles. The lowest BCUT2D eigenvalue weighted by molar-refractivity contribution is -0.156. The third kappa shape index (κ3) is 8.67. The lowest BCUT2D eigenvalue weighted by Gasteiger charge is -2.32. The number of carbonyl (C=O) groups is 4. The number of hydrogen-bond acceptors (Lipinski definition) is 6. The van der Waals surface area contributed by atoms with Crippen molar-refractivity contribution in [2.75, 3.05) is 6.54 Å². The van der Waals surface area contributed by atoms with Crippen molar-refractivity contribution < 1.29 is 28.7 Å². The molecule has 0 unspecified atom stereocenters. The highest BCUT2D eigenvalue weighted by atomic mass is 16.5. The number of esters is 2. The molecule has 4 aromatic carbocycles. The fourth-order valence-corrected chi connectivity index (χ4v) is 7.11. The van der Waals surface area contributed by atoms with Crippen molar-refractivity contribution in [3.8, 4) is 11.1 Å². The van der Waals surface area contributed by atoms with Crippen molar-refractivity contribution in [3.05, 3.63) is 132 Å². The van der Waals surface area contributed by atoms with Crippen LogP contribution in [0, 0.1) is 5.41 Å². The number of benzene rings is 4. The Kier molecular flexibility index (Phi) is 11.4. The smallest absolute Gasteiger partial charge is 0.329 e. The SMILES string of the molecule is O=C(CC1(C(=O)N[C@@H](Cc2ccc(-c3ccccc3)cc2)C(=O)N2CCC[C@@H]2C(=O)OCc2ccccc2)CCCC1)OCc1ccccc1. The van der Waals surface area contributed by atoms with Gasteiger partial charge in [0.2, 0.25) is 11.8 Å². The molecule has 0 bridgehead atoms. The quantitative estimate of drug-likeness (QED) is 0.157. The largest absolute Gasteiger partial charge is 0.461 e. The van der Waals surface area contributed by atoms with Gasteiger partial charge < -0.3 is 19.7 Å². The van der Waals surface area contributed by atoms with Crippen molar-refractivity contribution in [2.45, 2.75) is 76.7 Å². The highest BCUT2D eigenvalue weighted by Gasteiger charge is 2.46. The molecule has 2 fully saturated rings. The van der Waals surface area contributed by atoms with Crippen LogP contribution in [-0.4, -0.2) is 47.3 Å². The van der Waals surface area contributed by atoms with Crippen LogP contribution in [0.3, 0.4) is 0 Å². The molecule has 0 radical (unpaired) electrons. The van der Waals surface area contributed by atoms with Crippen LogP contribution in [0.15, 0.2) is 115 Å². The standard InChI is InChI=1S/C42H44N2O6/c45-38(49-29-32-13-4-1-5-14-32)28-42(24-10-11-25-42)41(48)43-36(27-31-20-22-35(23-21-31)34-17-8-3-9-18-34)39(46)44-26-12-19-37(44)40(47)50-30-33-15-6-2-7-16-33/h1-9,13-18,20-23,36-37H,10-12,19,24-30H2,(H,43,48)/t36-,37+/m0/s1. The van der Waals surface area contributed by atoms with E-state index in [0.29, 0.717) is 32.2 Å². The summed E-state index contributed by atoms with van der Waals surface area (Å²) >= 11 is 0. The molecule has 258 valence electrons. The van der Waals surface area contributed by atoms with Crippen molar-refractivity contribution in [3.63, 3.8) is 0 Å². The molecule has 4 aromatic rings. The minimum absolute atomic E-state index is 0.0590. The van der Waals surface area contributed by atoms with Gasteiger partial charge in [-0.1, -0.05) is 128 Å². The molecule has 1 N–H and O–H groups in total. The zero-order valence-corrected chi connectivity index (χ0v) is 28.3. The minimum atomic E-state index is -0.970. The Morgan fingerprint density at radius 2 is 1.24 bits per heavy atom. The van der Waals surface area contributed by atoms with E-state index >= 15 is 0 Å². The monoisotopic (exact) mass is 672 g/mol. The average Bonchev–Trinajstić information content (AvgIpc) is 3.85. The Bertz CT molecular complexity index is 1740. The maximum absolute atomic E-state index is 14.4. The van der Waals surface area contributed by atoms with Crippen molar-refractivity contribution in [2.24, 2.45) is 5.41 Å². The second-order valence-electron chi connectivity index (χ2n) is 13.4. The molecular weight excluding hydrogens is 628 g/mol. The second kappa shape index (κ2) is 16.4. The first kappa shape index (κ1) is 34.6. The third-order valence-corrected chi connectivity index (χ3v) is 9.90. The van der Waals surface area contributed by atoms with E-state index in [1.807, 2.05) is 115 Å². The predicted molar refractivity (Wildman–Crippen MR) is 190 cm³/mol. The Morgan fingerprint density at radius 3 is 1.86 bits per heavy atom. The summed E-state index contributed by atoms with van der Waals surface area (Å²) in [4.78, 5) is 56.6. The van der Waals surface area contributed by atoms with Gasteiger partial charge in [-0.15, -0.1) is 0 Å². The molecule has 0 spiro atoms. The van der Waals surface area contributed by atoms with Gasteiger partial charge >= 0.3 is 11.9 Å². The lowest BCUT2D eigenvalue weighted by atomic mass is 9.81. The number of carbonyl (C=O) groups excluding carboxylic acids is 4. The number of nitrogens with one attached hydrogen (secondary N) is 1. The first-order valence-electron chi connectivity index (χ1n) is 17.6. The molecule has 1 heterocycles. The fraction of sp³-hybridized carbons (Fsp3) is 0.333. The van der Waals surface area contributed by atoms with Crippen LogP contribution in [0.5, 0.6) is 0 Å². The molecule has 1 saturated carbocycles. The van der Waals surface area contributed by atoms with Gasteiger partial charge in [0.25, 0.3) is 0 Å². The topological polar surface area (TPSA) is 102 Å². The van der Waals surface area contributed by atoms with Crippen LogP contribution in [0.25, 0.3) is 11.1 Å². The summed E-state index contributed by atoms with van der Waals surface area (Å²) in [5.74, 6) is -1.55.